The van der Waals surface area contributed by atoms with Gasteiger partial charge in [0.05, 0.1) is 18.2 Å². The second-order valence-electron chi connectivity index (χ2n) is 6.15. The summed E-state index contributed by atoms with van der Waals surface area (Å²) in [6.07, 6.45) is -4.32. The third-order valence-corrected chi connectivity index (χ3v) is 4.10. The zero-order valence-electron chi connectivity index (χ0n) is 15.5. The normalized spacial score (nSPS) is 11.0. The molecule has 0 radical (unpaired) electrons. The molecule has 2 aromatic rings. The van der Waals surface area contributed by atoms with E-state index in [4.69, 9.17) is 4.74 Å². The maximum Gasteiger partial charge on any atom is 0.416 e. The first kappa shape index (κ1) is 21.3. The van der Waals surface area contributed by atoms with Crippen LogP contribution in [0.5, 0.6) is 5.75 Å². The number of rotatable bonds is 7. The molecule has 150 valence electrons. The van der Waals surface area contributed by atoms with Gasteiger partial charge in [0.1, 0.15) is 5.75 Å². The van der Waals surface area contributed by atoms with E-state index in [1.54, 1.807) is 31.3 Å². The fraction of sp³-hybridized carbons (Fsp3) is 0.300. The summed E-state index contributed by atoms with van der Waals surface area (Å²) in [6, 6.07) is 11.4. The lowest BCUT2D eigenvalue weighted by atomic mass is 10.1. The van der Waals surface area contributed by atoms with Gasteiger partial charge in [0, 0.05) is 26.6 Å². The van der Waals surface area contributed by atoms with Gasteiger partial charge in [-0.05, 0) is 29.8 Å². The number of para-hydroxylation sites is 1. The fourth-order valence-corrected chi connectivity index (χ4v) is 2.56. The Bertz CT molecular complexity index is 820. The quantitative estimate of drug-likeness (QED) is 0.782. The number of carbonyl (C=O) groups is 2. The topological polar surface area (TPSA) is 58.6 Å². The van der Waals surface area contributed by atoms with Crippen LogP contribution < -0.4 is 10.1 Å². The molecular weight excluding hydrogens is 373 g/mol. The van der Waals surface area contributed by atoms with Gasteiger partial charge in [-0.15, -0.1) is 0 Å². The lowest BCUT2D eigenvalue weighted by molar-refractivity contribution is -0.137. The fourth-order valence-electron chi connectivity index (χ4n) is 2.56. The first-order valence-electron chi connectivity index (χ1n) is 8.53. The molecule has 0 heterocycles. The maximum absolute atomic E-state index is 12.6. The second kappa shape index (κ2) is 9.25. The van der Waals surface area contributed by atoms with Crippen LogP contribution in [0.4, 0.5) is 13.2 Å². The lowest BCUT2D eigenvalue weighted by Crippen LogP contribution is -2.32. The summed E-state index contributed by atoms with van der Waals surface area (Å²) < 4.78 is 42.9. The molecule has 0 aliphatic carbocycles. The molecule has 2 aromatic carbocycles. The highest BCUT2D eigenvalue weighted by Crippen LogP contribution is 2.29. The third kappa shape index (κ3) is 5.73. The Balaban J connectivity index is 1.83. The minimum Gasteiger partial charge on any atom is -0.496 e. The minimum absolute atomic E-state index is 0.0675. The Morgan fingerprint density at radius 1 is 1.07 bits per heavy atom. The largest absolute Gasteiger partial charge is 0.496 e. The van der Waals surface area contributed by atoms with Crippen LogP contribution in [0.2, 0.25) is 0 Å². The summed E-state index contributed by atoms with van der Waals surface area (Å²) in [5.41, 5.74) is 0.224. The van der Waals surface area contributed by atoms with Crippen LogP contribution >= 0.6 is 0 Å². The van der Waals surface area contributed by atoms with Crippen LogP contribution in [0.1, 0.15) is 27.9 Å². The van der Waals surface area contributed by atoms with Crippen LogP contribution in [0.25, 0.3) is 0 Å². The molecule has 0 saturated carbocycles. The van der Waals surface area contributed by atoms with Crippen molar-refractivity contribution in [2.24, 2.45) is 0 Å². The zero-order chi connectivity index (χ0) is 20.7. The molecule has 0 spiro atoms. The van der Waals surface area contributed by atoms with Crippen molar-refractivity contribution in [2.75, 3.05) is 20.7 Å². The molecule has 0 aliphatic rings. The van der Waals surface area contributed by atoms with Crippen molar-refractivity contribution in [3.8, 4) is 5.75 Å². The van der Waals surface area contributed by atoms with Crippen molar-refractivity contribution in [3.05, 3.63) is 65.2 Å². The molecule has 0 atom stereocenters. The molecule has 1 N–H and O–H groups in total. The standard InChI is InChI=1S/C20H21F3N2O3/c1-25(13-14-7-9-15(10-8-14)20(21,22)23)18(26)11-12-24-19(27)16-5-3-4-6-17(16)28-2/h3-10H,11-13H2,1-2H3,(H,24,27). The first-order chi connectivity index (χ1) is 13.2. The highest BCUT2D eigenvalue weighted by molar-refractivity contribution is 5.97. The van der Waals surface area contributed by atoms with Crippen LogP contribution in [-0.4, -0.2) is 37.4 Å². The molecular formula is C20H21F3N2O3. The molecule has 28 heavy (non-hydrogen) atoms. The van der Waals surface area contributed by atoms with E-state index in [2.05, 4.69) is 5.32 Å². The predicted octanol–water partition coefficient (Wildman–Crippen LogP) is 3.49. The van der Waals surface area contributed by atoms with Crippen LogP contribution in [0.15, 0.2) is 48.5 Å². The van der Waals surface area contributed by atoms with E-state index < -0.39 is 11.7 Å². The highest BCUT2D eigenvalue weighted by atomic mass is 19.4. The van der Waals surface area contributed by atoms with Gasteiger partial charge in [-0.3, -0.25) is 9.59 Å². The van der Waals surface area contributed by atoms with Gasteiger partial charge in [-0.2, -0.15) is 13.2 Å². The van der Waals surface area contributed by atoms with Crippen molar-refractivity contribution in [1.82, 2.24) is 10.2 Å². The highest BCUT2D eigenvalue weighted by Gasteiger charge is 2.30. The average molecular weight is 394 g/mol. The average Bonchev–Trinajstić information content (AvgIpc) is 2.67. The number of benzene rings is 2. The Kier molecular flexibility index (Phi) is 7.03. The summed E-state index contributed by atoms with van der Waals surface area (Å²) in [5.74, 6) is -0.151. The van der Waals surface area contributed by atoms with Gasteiger partial charge in [0.2, 0.25) is 5.91 Å². The number of methoxy groups -OCH3 is 1. The minimum atomic E-state index is -4.39. The Hall–Kier alpha value is -3.03. The number of halogens is 3. The number of alkyl halides is 3. The number of nitrogens with zero attached hydrogens (tertiary/aromatic N) is 1. The molecule has 8 heteroatoms. The van der Waals surface area contributed by atoms with Crippen molar-refractivity contribution in [2.45, 2.75) is 19.1 Å². The SMILES string of the molecule is COc1ccccc1C(=O)NCCC(=O)N(C)Cc1ccc(C(F)(F)F)cc1. The molecule has 0 aliphatic heterocycles. The van der Waals surface area contributed by atoms with Crippen LogP contribution in [0.3, 0.4) is 0 Å². The molecule has 0 aromatic heterocycles. The Morgan fingerprint density at radius 3 is 2.32 bits per heavy atom. The smallest absolute Gasteiger partial charge is 0.416 e. The van der Waals surface area contributed by atoms with Gasteiger partial charge in [-0.25, -0.2) is 0 Å². The van der Waals surface area contributed by atoms with E-state index in [9.17, 15) is 22.8 Å². The number of hydrogen-bond acceptors (Lipinski definition) is 3. The Morgan fingerprint density at radius 2 is 1.71 bits per heavy atom. The van der Waals surface area contributed by atoms with Gasteiger partial charge in [0.25, 0.3) is 5.91 Å². The van der Waals surface area contributed by atoms with E-state index in [0.29, 0.717) is 16.9 Å². The first-order valence-corrected chi connectivity index (χ1v) is 8.53. The molecule has 0 saturated heterocycles. The summed E-state index contributed by atoms with van der Waals surface area (Å²) >= 11 is 0. The summed E-state index contributed by atoms with van der Waals surface area (Å²) in [5, 5.41) is 2.66. The van der Waals surface area contributed by atoms with Gasteiger partial charge < -0.3 is 15.0 Å². The monoisotopic (exact) mass is 394 g/mol. The van der Waals surface area contributed by atoms with Crippen molar-refractivity contribution < 1.29 is 27.5 Å². The number of carbonyl (C=O) groups excluding carboxylic acids is 2. The van der Waals surface area contributed by atoms with E-state index in [-0.39, 0.29) is 31.3 Å². The van der Waals surface area contributed by atoms with Gasteiger partial charge >= 0.3 is 6.18 Å². The summed E-state index contributed by atoms with van der Waals surface area (Å²) in [7, 11) is 3.02. The number of nitrogens with one attached hydrogen (secondary N) is 1. The van der Waals surface area contributed by atoms with E-state index in [0.717, 1.165) is 12.1 Å². The number of ether oxygens (including phenoxy) is 1. The van der Waals surface area contributed by atoms with Crippen molar-refractivity contribution in [3.63, 3.8) is 0 Å². The lowest BCUT2D eigenvalue weighted by Gasteiger charge is -2.18. The number of amides is 2. The molecule has 0 unspecified atom stereocenters. The van der Waals surface area contributed by atoms with E-state index >= 15 is 0 Å². The van der Waals surface area contributed by atoms with E-state index in [1.807, 2.05) is 0 Å². The second-order valence-corrected chi connectivity index (χ2v) is 6.15. The van der Waals surface area contributed by atoms with Crippen molar-refractivity contribution >= 4 is 11.8 Å². The predicted molar refractivity (Wildman–Crippen MR) is 97.9 cm³/mol. The van der Waals surface area contributed by atoms with Crippen LogP contribution in [-0.2, 0) is 17.5 Å². The number of hydrogen-bond donors (Lipinski definition) is 1. The van der Waals surface area contributed by atoms with Crippen LogP contribution in [0, 0.1) is 0 Å². The molecule has 2 amide bonds. The van der Waals surface area contributed by atoms with Gasteiger partial charge in [-0.1, -0.05) is 24.3 Å². The maximum atomic E-state index is 12.6. The molecule has 0 bridgehead atoms. The summed E-state index contributed by atoms with van der Waals surface area (Å²) in [6.45, 7) is 0.310. The molecule has 2 rings (SSSR count). The zero-order valence-corrected chi connectivity index (χ0v) is 15.5. The summed E-state index contributed by atoms with van der Waals surface area (Å²) in [4.78, 5) is 25.8. The molecule has 5 nitrogen and oxygen atoms in total. The Labute approximate surface area is 161 Å². The third-order valence-electron chi connectivity index (χ3n) is 4.10. The van der Waals surface area contributed by atoms with Gasteiger partial charge in [0.15, 0.2) is 0 Å². The molecule has 0 fully saturated rings. The van der Waals surface area contributed by atoms with E-state index in [1.165, 1.54) is 24.1 Å². The van der Waals surface area contributed by atoms with Crippen molar-refractivity contribution in [1.29, 1.82) is 0 Å².